The van der Waals surface area contributed by atoms with E-state index in [1.807, 2.05) is 13.8 Å². The van der Waals surface area contributed by atoms with E-state index in [9.17, 15) is 21.4 Å². The van der Waals surface area contributed by atoms with Crippen LogP contribution in [-0.4, -0.2) is 37.9 Å². The summed E-state index contributed by atoms with van der Waals surface area (Å²) in [5.41, 5.74) is 1.62. The Morgan fingerprint density at radius 3 is 2.39 bits per heavy atom. The molecular formula is C14H19NO6S2. The summed E-state index contributed by atoms with van der Waals surface area (Å²) in [6.45, 7) is 3.87. The second kappa shape index (κ2) is 5.97. The Labute approximate surface area is 135 Å². The van der Waals surface area contributed by atoms with Crippen LogP contribution in [0.5, 0.6) is 0 Å². The Hall–Kier alpha value is -1.29. The number of hydrogen-bond acceptors (Lipinski definition) is 5. The average molecular weight is 361 g/mol. The lowest BCUT2D eigenvalue weighted by Gasteiger charge is -2.19. The minimum Gasteiger partial charge on any atom is -0.286 e. The van der Waals surface area contributed by atoms with E-state index in [1.54, 1.807) is 24.4 Å². The molecule has 0 aromatic heterocycles. The van der Waals surface area contributed by atoms with Gasteiger partial charge in [0.05, 0.1) is 11.4 Å². The molecule has 1 aliphatic rings. The molecule has 128 valence electrons. The maximum atomic E-state index is 11.7. The molecular weight excluding hydrogens is 342 g/mol. The van der Waals surface area contributed by atoms with Crippen LogP contribution in [0.4, 0.5) is 5.69 Å². The van der Waals surface area contributed by atoms with Crippen LogP contribution in [0.15, 0.2) is 23.2 Å². The number of nitrogens with zero attached hydrogens (tertiary/aromatic N) is 1. The van der Waals surface area contributed by atoms with Gasteiger partial charge < -0.3 is 0 Å². The first kappa shape index (κ1) is 18.1. The van der Waals surface area contributed by atoms with Crippen molar-refractivity contribution in [3.63, 3.8) is 0 Å². The van der Waals surface area contributed by atoms with Crippen molar-refractivity contribution in [1.82, 2.24) is 0 Å². The van der Waals surface area contributed by atoms with Crippen LogP contribution >= 0.6 is 0 Å². The van der Waals surface area contributed by atoms with Gasteiger partial charge >= 0.3 is 0 Å². The number of fused-ring (bicyclic) bond motifs is 1. The lowest BCUT2D eigenvalue weighted by Crippen LogP contribution is -2.18. The summed E-state index contributed by atoms with van der Waals surface area (Å²) in [7, 11) is -8.58. The van der Waals surface area contributed by atoms with E-state index in [0.717, 1.165) is 11.3 Å². The largest absolute Gasteiger partial charge is 0.286 e. The summed E-state index contributed by atoms with van der Waals surface area (Å²) >= 11 is 0. The first-order valence-corrected chi connectivity index (χ1v) is 10.1. The van der Waals surface area contributed by atoms with Crippen LogP contribution in [0.1, 0.15) is 43.1 Å². The zero-order chi connectivity index (χ0) is 17.5. The third-order valence-electron chi connectivity index (χ3n) is 3.84. The number of rotatable bonds is 6. The molecule has 0 radical (unpaired) electrons. The van der Waals surface area contributed by atoms with E-state index in [4.69, 9.17) is 4.55 Å². The average Bonchev–Trinajstić information content (AvgIpc) is 2.68. The van der Waals surface area contributed by atoms with Gasteiger partial charge in [-0.2, -0.15) is 16.8 Å². The molecule has 1 unspecified atom stereocenters. The van der Waals surface area contributed by atoms with Crippen molar-refractivity contribution in [3.05, 3.63) is 29.3 Å². The Bertz CT molecular complexity index is 840. The van der Waals surface area contributed by atoms with Crippen molar-refractivity contribution in [3.8, 4) is 0 Å². The first-order chi connectivity index (χ1) is 10.4. The molecule has 9 heteroatoms. The van der Waals surface area contributed by atoms with Crippen molar-refractivity contribution in [1.29, 1.82) is 0 Å². The predicted octanol–water partition coefficient (Wildman–Crippen LogP) is 2.28. The highest BCUT2D eigenvalue weighted by Gasteiger charge is 2.31. The van der Waals surface area contributed by atoms with Crippen LogP contribution in [0.3, 0.4) is 0 Å². The third-order valence-corrected chi connectivity index (χ3v) is 5.87. The van der Waals surface area contributed by atoms with Gasteiger partial charge in [0, 0.05) is 11.6 Å². The predicted molar refractivity (Wildman–Crippen MR) is 87.6 cm³/mol. The third kappa shape index (κ3) is 4.37. The Morgan fingerprint density at radius 2 is 1.83 bits per heavy atom. The van der Waals surface area contributed by atoms with Gasteiger partial charge in [-0.15, -0.1) is 0 Å². The zero-order valence-corrected chi connectivity index (χ0v) is 14.4. The van der Waals surface area contributed by atoms with Crippen LogP contribution in [0.25, 0.3) is 0 Å². The van der Waals surface area contributed by atoms with Gasteiger partial charge in [-0.1, -0.05) is 26.0 Å². The maximum Gasteiger partial charge on any atom is 0.271 e. The molecule has 23 heavy (non-hydrogen) atoms. The van der Waals surface area contributed by atoms with E-state index < -0.39 is 31.2 Å². The fourth-order valence-corrected chi connectivity index (χ4v) is 4.11. The van der Waals surface area contributed by atoms with Crippen LogP contribution in [-0.2, 0) is 25.7 Å². The summed E-state index contributed by atoms with van der Waals surface area (Å²) < 4.78 is 63.1. The van der Waals surface area contributed by atoms with Gasteiger partial charge in [-0.05, 0) is 30.0 Å². The highest BCUT2D eigenvalue weighted by molar-refractivity contribution is 7.86. The minimum atomic E-state index is -4.41. The van der Waals surface area contributed by atoms with Gasteiger partial charge in [0.25, 0.3) is 20.2 Å². The molecule has 0 spiro atoms. The lowest BCUT2D eigenvalue weighted by atomic mass is 9.85. The fraction of sp³-hybridized carbons (Fsp3) is 0.500. The molecule has 0 saturated heterocycles. The van der Waals surface area contributed by atoms with E-state index in [1.165, 1.54) is 0 Å². The number of hydrogen-bond donors (Lipinski definition) is 2. The normalized spacial score (nSPS) is 17.9. The van der Waals surface area contributed by atoms with Gasteiger partial charge in [0.15, 0.2) is 0 Å². The summed E-state index contributed by atoms with van der Waals surface area (Å²) in [6, 6.07) is 4.91. The van der Waals surface area contributed by atoms with Crippen molar-refractivity contribution in [2.24, 2.45) is 4.99 Å². The Balaban J connectivity index is 2.32. The number of benzene rings is 1. The van der Waals surface area contributed by atoms with E-state index >= 15 is 0 Å². The molecule has 1 atom stereocenters. The Morgan fingerprint density at radius 1 is 1.17 bits per heavy atom. The fourth-order valence-electron chi connectivity index (χ4n) is 2.62. The molecule has 0 bridgehead atoms. The molecule has 0 saturated carbocycles. The summed E-state index contributed by atoms with van der Waals surface area (Å²) in [5, 5.41) is -1.24. The highest BCUT2D eigenvalue weighted by atomic mass is 32.2. The molecule has 0 aliphatic carbocycles. The van der Waals surface area contributed by atoms with Crippen molar-refractivity contribution < 1.29 is 25.9 Å². The topological polar surface area (TPSA) is 121 Å². The molecule has 2 rings (SSSR count). The Kier molecular flexibility index (Phi) is 4.69. The minimum absolute atomic E-state index is 0.0831. The second-order valence-corrected chi connectivity index (χ2v) is 9.36. The molecule has 7 nitrogen and oxygen atoms in total. The van der Waals surface area contributed by atoms with Crippen molar-refractivity contribution >= 4 is 32.1 Å². The molecule has 0 fully saturated rings. The van der Waals surface area contributed by atoms with Gasteiger partial charge in [-0.3, -0.25) is 14.1 Å². The molecule has 2 N–H and O–H groups in total. The van der Waals surface area contributed by atoms with Gasteiger partial charge in [0.1, 0.15) is 5.25 Å². The van der Waals surface area contributed by atoms with Crippen molar-refractivity contribution in [2.45, 2.75) is 37.4 Å². The van der Waals surface area contributed by atoms with Gasteiger partial charge in [-0.25, -0.2) is 0 Å². The van der Waals surface area contributed by atoms with Crippen LogP contribution in [0, 0.1) is 0 Å². The summed E-state index contributed by atoms with van der Waals surface area (Å²) in [4.78, 5) is 4.26. The maximum absolute atomic E-state index is 11.7. The standard InChI is InChI=1S/C14H19NO6S2/c1-14(2)9-15-12-6-5-10(8-11(12)14)13(23(19,20)21)4-3-7-22(16,17)18/h5-6,8-9,13H,3-4,7H2,1-2H3,(H,16,17,18)(H,19,20,21). The van der Waals surface area contributed by atoms with Gasteiger partial charge in [0.2, 0.25) is 0 Å². The number of aliphatic imine (C=N–C) groups is 1. The quantitative estimate of drug-likeness (QED) is 0.750. The first-order valence-electron chi connectivity index (χ1n) is 7.01. The molecule has 1 aliphatic heterocycles. The van der Waals surface area contributed by atoms with Crippen LogP contribution in [0.2, 0.25) is 0 Å². The molecule has 1 aromatic rings. The zero-order valence-electron chi connectivity index (χ0n) is 12.8. The van der Waals surface area contributed by atoms with E-state index in [0.29, 0.717) is 5.56 Å². The highest BCUT2D eigenvalue weighted by Crippen LogP contribution is 2.39. The monoisotopic (exact) mass is 361 g/mol. The summed E-state index contributed by atoms with van der Waals surface area (Å²) in [6.07, 6.45) is 1.57. The second-order valence-electron chi connectivity index (χ2n) is 6.19. The van der Waals surface area contributed by atoms with Crippen LogP contribution < -0.4 is 0 Å². The molecule has 1 aromatic carbocycles. The van der Waals surface area contributed by atoms with E-state index in [2.05, 4.69) is 4.99 Å². The molecule has 1 heterocycles. The molecule has 0 amide bonds. The lowest BCUT2D eigenvalue weighted by molar-refractivity contribution is 0.458. The van der Waals surface area contributed by atoms with Crippen molar-refractivity contribution in [2.75, 3.05) is 5.75 Å². The summed E-state index contributed by atoms with van der Waals surface area (Å²) in [5.74, 6) is -0.557. The van der Waals surface area contributed by atoms with E-state index in [-0.39, 0.29) is 18.3 Å². The SMILES string of the molecule is CC1(C)C=Nc2ccc(C(CCCS(=O)(=O)O)S(=O)(=O)O)cc21. The smallest absolute Gasteiger partial charge is 0.271 e.